The van der Waals surface area contributed by atoms with Crippen LogP contribution in [0.3, 0.4) is 0 Å². The summed E-state index contributed by atoms with van der Waals surface area (Å²) in [6, 6.07) is 6.31. The van der Waals surface area contributed by atoms with E-state index in [0.29, 0.717) is 10.8 Å². The van der Waals surface area contributed by atoms with Crippen LogP contribution in [0.1, 0.15) is 10.4 Å². The summed E-state index contributed by atoms with van der Waals surface area (Å²) < 4.78 is 3.92. The van der Waals surface area contributed by atoms with Crippen molar-refractivity contribution in [2.45, 2.75) is 9.50 Å². The van der Waals surface area contributed by atoms with Crippen molar-refractivity contribution >= 4 is 60.9 Å². The van der Waals surface area contributed by atoms with Crippen molar-refractivity contribution in [1.82, 2.24) is 25.2 Å². The van der Waals surface area contributed by atoms with Crippen LogP contribution < -0.4 is 0 Å². The van der Waals surface area contributed by atoms with Gasteiger partial charge in [0.1, 0.15) is 8.39 Å². The van der Waals surface area contributed by atoms with Crippen molar-refractivity contribution in [3.8, 4) is 5.69 Å². The minimum absolute atomic E-state index is 0.207. The lowest BCUT2D eigenvalue weighted by Crippen LogP contribution is -2.01. The summed E-state index contributed by atoms with van der Waals surface area (Å²) in [5.74, 6) is -0.977. The van der Waals surface area contributed by atoms with Crippen molar-refractivity contribution in [2.24, 2.45) is 0 Å². The maximum atomic E-state index is 10.9. The normalized spacial score (nSPS) is 10.8. The number of carboxylic acid groups (broad SMARTS) is 1. The zero-order valence-electron chi connectivity index (χ0n) is 10.5. The monoisotopic (exact) mass is 461 g/mol. The van der Waals surface area contributed by atoms with Gasteiger partial charge in [0.2, 0.25) is 5.16 Å². The molecule has 3 aromatic rings. The number of thiazole rings is 1. The van der Waals surface area contributed by atoms with Crippen LogP contribution in [0.2, 0.25) is 0 Å². The number of benzene rings is 1. The highest BCUT2D eigenvalue weighted by Crippen LogP contribution is 2.37. The maximum absolute atomic E-state index is 10.9. The van der Waals surface area contributed by atoms with Crippen LogP contribution in [0.15, 0.2) is 42.2 Å². The van der Waals surface area contributed by atoms with E-state index < -0.39 is 5.97 Å². The van der Waals surface area contributed by atoms with Gasteiger partial charge in [-0.15, -0.1) is 5.10 Å². The van der Waals surface area contributed by atoms with Crippen LogP contribution in [-0.2, 0) is 0 Å². The first-order valence-electron chi connectivity index (χ1n) is 5.66. The molecule has 2 aromatic heterocycles. The molecule has 0 amide bonds. The van der Waals surface area contributed by atoms with E-state index in [1.165, 1.54) is 39.9 Å². The highest BCUT2D eigenvalue weighted by atomic mass is 79.9. The van der Waals surface area contributed by atoms with Crippen LogP contribution in [0.4, 0.5) is 0 Å². The molecular formula is C11H5Br2N5O2S2. The topological polar surface area (TPSA) is 93.8 Å². The molecule has 11 heteroatoms. The van der Waals surface area contributed by atoms with Gasteiger partial charge in [-0.3, -0.25) is 0 Å². The molecule has 0 aliphatic heterocycles. The van der Waals surface area contributed by atoms with Gasteiger partial charge < -0.3 is 5.11 Å². The van der Waals surface area contributed by atoms with E-state index in [1.807, 2.05) is 0 Å². The molecule has 7 nitrogen and oxygen atoms in total. The third-order valence-electron chi connectivity index (χ3n) is 2.51. The first-order valence-corrected chi connectivity index (χ1v) is 8.88. The Morgan fingerprint density at radius 3 is 2.59 bits per heavy atom. The van der Waals surface area contributed by atoms with Gasteiger partial charge in [0.05, 0.1) is 11.3 Å². The first-order chi connectivity index (χ1) is 10.5. The molecule has 0 aliphatic rings. The number of hydrogen-bond donors (Lipinski definition) is 1. The standard InChI is InChI=1S/C11H5Br2N5O2S2/c12-7-8(13)21-11(14-7)22-10-15-16-17-18(10)6-3-1-5(2-4-6)9(19)20/h1-4H,(H,19,20). The van der Waals surface area contributed by atoms with Crippen molar-refractivity contribution in [3.05, 3.63) is 38.2 Å². The molecule has 0 saturated carbocycles. The molecule has 0 fully saturated rings. The number of hydrogen-bond acceptors (Lipinski definition) is 7. The number of carbonyl (C=O) groups is 1. The highest BCUT2D eigenvalue weighted by molar-refractivity contribution is 9.13. The Morgan fingerprint density at radius 2 is 2.00 bits per heavy atom. The molecule has 2 heterocycles. The maximum Gasteiger partial charge on any atom is 0.335 e. The average Bonchev–Trinajstić information content (AvgIpc) is 3.07. The molecule has 0 unspecified atom stereocenters. The van der Waals surface area contributed by atoms with Gasteiger partial charge in [-0.05, 0) is 78.3 Å². The summed E-state index contributed by atoms with van der Waals surface area (Å²) in [4.78, 5) is 15.2. The highest BCUT2D eigenvalue weighted by Gasteiger charge is 2.14. The second-order valence-corrected chi connectivity index (χ2v) is 8.15. The fourth-order valence-electron chi connectivity index (χ4n) is 1.54. The van der Waals surface area contributed by atoms with Crippen LogP contribution >= 0.6 is 55.0 Å². The number of aromatic nitrogens is 5. The summed E-state index contributed by atoms with van der Waals surface area (Å²) in [5.41, 5.74) is 0.881. The Kier molecular flexibility index (Phi) is 4.57. The van der Waals surface area contributed by atoms with Crippen LogP contribution in [0, 0.1) is 0 Å². The second kappa shape index (κ2) is 6.44. The lowest BCUT2D eigenvalue weighted by molar-refractivity contribution is 0.0697. The van der Waals surface area contributed by atoms with Gasteiger partial charge in [-0.2, -0.15) is 4.68 Å². The molecular weight excluding hydrogens is 458 g/mol. The van der Waals surface area contributed by atoms with Gasteiger partial charge in [-0.1, -0.05) is 11.3 Å². The van der Waals surface area contributed by atoms with E-state index in [-0.39, 0.29) is 5.56 Å². The number of halogens is 2. The number of aromatic carboxylic acids is 1. The molecule has 1 N–H and O–H groups in total. The van der Waals surface area contributed by atoms with Crippen LogP contribution in [-0.4, -0.2) is 36.3 Å². The number of nitrogens with zero attached hydrogens (tertiary/aromatic N) is 5. The van der Waals surface area contributed by atoms with Gasteiger partial charge >= 0.3 is 5.97 Å². The second-order valence-electron chi connectivity index (χ2n) is 3.87. The summed E-state index contributed by atoms with van der Waals surface area (Å²) >= 11 is 9.49. The Balaban J connectivity index is 1.89. The summed E-state index contributed by atoms with van der Waals surface area (Å²) in [6.45, 7) is 0. The third kappa shape index (κ3) is 3.21. The predicted molar refractivity (Wildman–Crippen MR) is 87.8 cm³/mol. The fourth-order valence-corrected chi connectivity index (χ4v) is 4.72. The first kappa shape index (κ1) is 15.6. The van der Waals surface area contributed by atoms with Gasteiger partial charge in [-0.25, -0.2) is 9.78 Å². The van der Waals surface area contributed by atoms with Crippen LogP contribution in [0.5, 0.6) is 0 Å². The molecule has 3 rings (SSSR count). The lowest BCUT2D eigenvalue weighted by atomic mass is 10.2. The third-order valence-corrected chi connectivity index (χ3v) is 6.58. The van der Waals surface area contributed by atoms with Gasteiger partial charge in [0.15, 0.2) is 4.34 Å². The minimum atomic E-state index is -0.977. The van der Waals surface area contributed by atoms with E-state index >= 15 is 0 Å². The summed E-state index contributed by atoms with van der Waals surface area (Å²) in [7, 11) is 0. The SMILES string of the molecule is O=C(O)c1ccc(-n2nnnc2Sc2nc(Br)c(Br)s2)cc1. The van der Waals surface area contributed by atoms with E-state index in [4.69, 9.17) is 5.11 Å². The molecule has 0 bridgehead atoms. The summed E-state index contributed by atoms with van der Waals surface area (Å²) in [6.07, 6.45) is 0. The Morgan fingerprint density at radius 1 is 1.27 bits per heavy atom. The van der Waals surface area contributed by atoms with Crippen molar-refractivity contribution in [1.29, 1.82) is 0 Å². The van der Waals surface area contributed by atoms with Crippen LogP contribution in [0.25, 0.3) is 5.69 Å². The molecule has 0 radical (unpaired) electrons. The number of tetrazole rings is 1. The largest absolute Gasteiger partial charge is 0.478 e. The Bertz CT molecular complexity index is 814. The van der Waals surface area contributed by atoms with Crippen molar-refractivity contribution < 1.29 is 9.90 Å². The zero-order chi connectivity index (χ0) is 15.7. The number of carboxylic acids is 1. The van der Waals surface area contributed by atoms with E-state index in [0.717, 1.165) is 12.7 Å². The molecule has 112 valence electrons. The van der Waals surface area contributed by atoms with E-state index in [9.17, 15) is 4.79 Å². The minimum Gasteiger partial charge on any atom is -0.478 e. The fraction of sp³-hybridized carbons (Fsp3) is 0. The molecule has 0 spiro atoms. The lowest BCUT2D eigenvalue weighted by Gasteiger charge is -2.03. The molecule has 1 aromatic carbocycles. The molecule has 0 aliphatic carbocycles. The molecule has 0 saturated heterocycles. The van der Waals surface area contributed by atoms with Crippen molar-refractivity contribution in [2.75, 3.05) is 0 Å². The smallest absolute Gasteiger partial charge is 0.335 e. The average molecular weight is 463 g/mol. The van der Waals surface area contributed by atoms with Gasteiger partial charge in [0, 0.05) is 0 Å². The van der Waals surface area contributed by atoms with E-state index in [2.05, 4.69) is 52.4 Å². The molecule has 0 atom stereocenters. The van der Waals surface area contributed by atoms with E-state index in [1.54, 1.807) is 12.1 Å². The number of rotatable bonds is 4. The Labute approximate surface area is 149 Å². The zero-order valence-corrected chi connectivity index (χ0v) is 15.3. The van der Waals surface area contributed by atoms with Gasteiger partial charge in [0.25, 0.3) is 0 Å². The van der Waals surface area contributed by atoms with Crippen molar-refractivity contribution in [3.63, 3.8) is 0 Å². The predicted octanol–water partition coefficient (Wildman–Crippen LogP) is 3.49. The quantitative estimate of drug-likeness (QED) is 0.633. The Hall–Kier alpha value is -1.30. The summed E-state index contributed by atoms with van der Waals surface area (Å²) in [5, 5.41) is 21.0. The molecule has 22 heavy (non-hydrogen) atoms.